The minimum atomic E-state index is -0.639. The first-order valence-electron chi connectivity index (χ1n) is 11.6. The van der Waals surface area contributed by atoms with Gasteiger partial charge in [-0.1, -0.05) is 72.3 Å². The molecule has 2 amide bonds. The third-order valence-corrected chi connectivity index (χ3v) is 6.53. The molecular formula is C28H28N4O2. The van der Waals surface area contributed by atoms with Crippen LogP contribution in [0.15, 0.2) is 78.9 Å². The summed E-state index contributed by atoms with van der Waals surface area (Å²) in [4.78, 5) is 33.5. The zero-order chi connectivity index (χ0) is 23.7. The van der Waals surface area contributed by atoms with Crippen molar-refractivity contribution in [3.05, 3.63) is 101 Å². The SMILES string of the molecule is Cc1ccc(CNC(=O)C[C@H]2C(=O)N(Cc3ccccc3)[C@H](C)c3nc4ccccc4n32)cc1. The number of nitrogens with one attached hydrogen (secondary N) is 1. The Kier molecular flexibility index (Phi) is 5.88. The standard InChI is InChI=1S/C28H28N4O2/c1-19-12-14-21(15-13-19)17-29-26(33)16-25-28(34)31(18-22-8-4-3-5-9-22)20(2)27-30-23-10-6-7-11-24(23)32(25)27/h3-15,20,25H,16-18H2,1-2H3,(H,29,33)/t20-,25+/m1/s1. The van der Waals surface area contributed by atoms with E-state index in [0.29, 0.717) is 13.1 Å². The predicted octanol–water partition coefficient (Wildman–Crippen LogP) is 4.70. The molecule has 0 spiro atoms. The lowest BCUT2D eigenvalue weighted by Crippen LogP contribution is -2.46. The number of aromatic nitrogens is 2. The monoisotopic (exact) mass is 452 g/mol. The number of nitrogens with zero attached hydrogens (tertiary/aromatic N) is 3. The maximum Gasteiger partial charge on any atom is 0.247 e. The zero-order valence-corrected chi connectivity index (χ0v) is 19.4. The predicted molar refractivity (Wildman–Crippen MR) is 132 cm³/mol. The van der Waals surface area contributed by atoms with Crippen molar-refractivity contribution in [2.45, 2.75) is 45.4 Å². The molecule has 34 heavy (non-hydrogen) atoms. The van der Waals surface area contributed by atoms with Crippen LogP contribution in [0.25, 0.3) is 11.0 Å². The van der Waals surface area contributed by atoms with Crippen molar-refractivity contribution in [2.75, 3.05) is 0 Å². The summed E-state index contributed by atoms with van der Waals surface area (Å²) in [5.74, 6) is 0.599. The van der Waals surface area contributed by atoms with Gasteiger partial charge in [-0.15, -0.1) is 0 Å². The van der Waals surface area contributed by atoms with Crippen LogP contribution < -0.4 is 5.32 Å². The molecule has 5 rings (SSSR count). The molecule has 6 heteroatoms. The second kappa shape index (κ2) is 9.14. The molecule has 0 fully saturated rings. The molecule has 0 aliphatic carbocycles. The van der Waals surface area contributed by atoms with Crippen LogP contribution in [-0.2, 0) is 22.7 Å². The molecule has 2 atom stereocenters. The van der Waals surface area contributed by atoms with Crippen molar-refractivity contribution in [3.8, 4) is 0 Å². The Labute approximate surface area is 199 Å². The molecule has 2 heterocycles. The molecule has 4 aromatic rings. The van der Waals surface area contributed by atoms with Gasteiger partial charge in [-0.05, 0) is 37.1 Å². The second-order valence-electron chi connectivity index (χ2n) is 8.94. The number of imidazole rings is 1. The molecule has 0 saturated heterocycles. The van der Waals surface area contributed by atoms with Gasteiger partial charge in [0.15, 0.2) is 0 Å². The molecular weight excluding hydrogens is 424 g/mol. The van der Waals surface area contributed by atoms with Gasteiger partial charge in [0.25, 0.3) is 0 Å². The van der Waals surface area contributed by atoms with Crippen LogP contribution in [0.3, 0.4) is 0 Å². The quantitative estimate of drug-likeness (QED) is 0.461. The number of hydrogen-bond acceptors (Lipinski definition) is 3. The van der Waals surface area contributed by atoms with Crippen molar-refractivity contribution in [1.29, 1.82) is 0 Å². The van der Waals surface area contributed by atoms with E-state index in [9.17, 15) is 9.59 Å². The number of para-hydroxylation sites is 2. The fourth-order valence-corrected chi connectivity index (χ4v) is 4.65. The topological polar surface area (TPSA) is 67.2 Å². The van der Waals surface area contributed by atoms with Crippen LogP contribution in [-0.4, -0.2) is 26.3 Å². The Balaban J connectivity index is 1.44. The van der Waals surface area contributed by atoms with Crippen molar-refractivity contribution in [2.24, 2.45) is 0 Å². The van der Waals surface area contributed by atoms with Gasteiger partial charge >= 0.3 is 0 Å². The number of fused-ring (bicyclic) bond motifs is 3. The number of benzene rings is 3. The maximum absolute atomic E-state index is 13.8. The van der Waals surface area contributed by atoms with E-state index in [0.717, 1.165) is 28.0 Å². The Morgan fingerprint density at radius 2 is 1.65 bits per heavy atom. The van der Waals surface area contributed by atoms with Crippen molar-refractivity contribution >= 4 is 22.8 Å². The fraction of sp³-hybridized carbons (Fsp3) is 0.250. The lowest BCUT2D eigenvalue weighted by Gasteiger charge is -2.38. The highest BCUT2D eigenvalue weighted by atomic mass is 16.2. The van der Waals surface area contributed by atoms with Gasteiger partial charge in [-0.3, -0.25) is 9.59 Å². The van der Waals surface area contributed by atoms with Gasteiger partial charge in [0.05, 0.1) is 23.5 Å². The summed E-state index contributed by atoms with van der Waals surface area (Å²) in [5, 5.41) is 2.99. The van der Waals surface area contributed by atoms with E-state index >= 15 is 0 Å². The van der Waals surface area contributed by atoms with Gasteiger partial charge < -0.3 is 14.8 Å². The molecule has 3 aromatic carbocycles. The summed E-state index contributed by atoms with van der Waals surface area (Å²) in [7, 11) is 0. The number of aryl methyl sites for hydroxylation is 1. The normalized spacial score (nSPS) is 17.6. The van der Waals surface area contributed by atoms with Crippen molar-refractivity contribution in [3.63, 3.8) is 0 Å². The van der Waals surface area contributed by atoms with E-state index in [2.05, 4.69) is 5.32 Å². The molecule has 0 radical (unpaired) electrons. The maximum atomic E-state index is 13.8. The van der Waals surface area contributed by atoms with E-state index in [1.54, 1.807) is 0 Å². The summed E-state index contributed by atoms with van der Waals surface area (Å²) >= 11 is 0. The molecule has 6 nitrogen and oxygen atoms in total. The summed E-state index contributed by atoms with van der Waals surface area (Å²) < 4.78 is 1.97. The number of carbonyl (C=O) groups excluding carboxylic acids is 2. The van der Waals surface area contributed by atoms with Crippen molar-refractivity contribution < 1.29 is 9.59 Å². The van der Waals surface area contributed by atoms with Crippen molar-refractivity contribution in [1.82, 2.24) is 19.8 Å². The zero-order valence-electron chi connectivity index (χ0n) is 19.4. The lowest BCUT2D eigenvalue weighted by atomic mass is 10.0. The van der Waals surface area contributed by atoms with Gasteiger partial charge in [0, 0.05) is 13.1 Å². The minimum absolute atomic E-state index is 0.0579. The Hall–Kier alpha value is -3.93. The molecule has 0 saturated carbocycles. The van der Waals surface area contributed by atoms with Gasteiger partial charge in [-0.25, -0.2) is 4.98 Å². The number of carbonyl (C=O) groups is 2. The van der Waals surface area contributed by atoms with E-state index < -0.39 is 6.04 Å². The first kappa shape index (κ1) is 21.9. The average Bonchev–Trinajstić information content (AvgIpc) is 3.24. The van der Waals surface area contributed by atoms with E-state index in [1.165, 1.54) is 5.56 Å². The fourth-order valence-electron chi connectivity index (χ4n) is 4.65. The average molecular weight is 453 g/mol. The van der Waals surface area contributed by atoms with Crippen LogP contribution in [0.2, 0.25) is 0 Å². The van der Waals surface area contributed by atoms with Crippen LogP contribution >= 0.6 is 0 Å². The van der Waals surface area contributed by atoms with Gasteiger partial charge in [0.2, 0.25) is 11.8 Å². The van der Waals surface area contributed by atoms with E-state index in [1.807, 2.05) is 102 Å². The molecule has 0 bridgehead atoms. The Morgan fingerprint density at radius 3 is 2.41 bits per heavy atom. The number of rotatable bonds is 6. The summed E-state index contributed by atoms with van der Waals surface area (Å²) in [6.07, 6.45) is 0.0655. The largest absolute Gasteiger partial charge is 0.352 e. The Bertz CT molecular complexity index is 1330. The van der Waals surface area contributed by atoms with Gasteiger partial charge in [0.1, 0.15) is 11.9 Å². The summed E-state index contributed by atoms with van der Waals surface area (Å²) in [6, 6.07) is 25.0. The van der Waals surface area contributed by atoms with Crippen LogP contribution in [0.1, 0.15) is 47.9 Å². The Morgan fingerprint density at radius 1 is 0.941 bits per heavy atom. The van der Waals surface area contributed by atoms with Gasteiger partial charge in [-0.2, -0.15) is 0 Å². The summed E-state index contributed by atoms with van der Waals surface area (Å²) in [5.41, 5.74) is 4.98. The highest BCUT2D eigenvalue weighted by Crippen LogP contribution is 2.37. The third-order valence-electron chi connectivity index (χ3n) is 6.53. The first-order chi connectivity index (χ1) is 16.5. The van der Waals surface area contributed by atoms with E-state index in [-0.39, 0.29) is 24.3 Å². The van der Waals surface area contributed by atoms with Crippen LogP contribution in [0.4, 0.5) is 0 Å². The molecule has 1 aliphatic rings. The highest BCUT2D eigenvalue weighted by molar-refractivity contribution is 5.90. The van der Waals surface area contributed by atoms with Crippen LogP contribution in [0, 0.1) is 6.92 Å². The highest BCUT2D eigenvalue weighted by Gasteiger charge is 2.40. The second-order valence-corrected chi connectivity index (χ2v) is 8.94. The first-order valence-corrected chi connectivity index (χ1v) is 11.6. The third kappa shape index (κ3) is 4.19. The molecule has 0 unspecified atom stereocenters. The molecule has 1 N–H and O–H groups in total. The van der Waals surface area contributed by atoms with Crippen LogP contribution in [0.5, 0.6) is 0 Å². The van der Waals surface area contributed by atoms with E-state index in [4.69, 9.17) is 4.98 Å². The molecule has 1 aromatic heterocycles. The molecule has 172 valence electrons. The summed E-state index contributed by atoms with van der Waals surface area (Å²) in [6.45, 7) is 4.95. The lowest BCUT2D eigenvalue weighted by molar-refractivity contribution is -0.142. The number of hydrogen-bond donors (Lipinski definition) is 1. The minimum Gasteiger partial charge on any atom is -0.352 e. The number of amides is 2. The molecule has 1 aliphatic heterocycles. The smallest absolute Gasteiger partial charge is 0.247 e.